The van der Waals surface area contributed by atoms with Gasteiger partial charge in [-0.2, -0.15) is 0 Å². The predicted molar refractivity (Wildman–Crippen MR) is 17.6 cm³/mol. The molecule has 0 saturated carbocycles. The maximum absolute atomic E-state index is 8.23. The van der Waals surface area contributed by atoms with Gasteiger partial charge in [0.05, 0.1) is 6.61 Å². The fourth-order valence-electron chi connectivity index (χ4n) is 0.319. The third-order valence-corrected chi connectivity index (χ3v) is 0.563. The van der Waals surface area contributed by atoms with Gasteiger partial charge in [0.1, 0.15) is 0 Å². The van der Waals surface area contributed by atoms with Crippen LogP contribution < -0.4 is 5.43 Å². The van der Waals surface area contributed by atoms with Gasteiger partial charge >= 0.3 is 0 Å². The smallest absolute Gasteiger partial charge is 0.0866 e. The zero-order valence-electron chi connectivity index (χ0n) is 3.22. The van der Waals surface area contributed by atoms with Crippen molar-refractivity contribution in [3.05, 3.63) is 0 Å². The molecule has 1 rings (SSSR count). The molecule has 0 atom stereocenters. The summed E-state index contributed by atoms with van der Waals surface area (Å²) >= 11 is 0. The monoisotopic (exact) mass is 90.0 g/mol. The van der Waals surface area contributed by atoms with E-state index >= 15 is 0 Å². The average Bonchev–Trinajstić information content (AvgIpc) is 1.86. The van der Waals surface area contributed by atoms with Crippen molar-refractivity contribution in [1.29, 1.82) is 0 Å². The fourth-order valence-corrected chi connectivity index (χ4v) is 0.319. The Morgan fingerprint density at radius 1 is 1.83 bits per heavy atom. The molecule has 6 heavy (non-hydrogen) atoms. The number of hydrazine groups is 1. The van der Waals surface area contributed by atoms with Gasteiger partial charge < -0.3 is 0 Å². The zero-order valence-corrected chi connectivity index (χ0v) is 3.22. The SMILES string of the molecule is ON1NCCO1. The Bertz CT molecular complexity index is 42.8. The molecule has 0 bridgehead atoms. The van der Waals surface area contributed by atoms with Crippen LogP contribution >= 0.6 is 0 Å². The van der Waals surface area contributed by atoms with E-state index in [1.165, 1.54) is 0 Å². The first kappa shape index (κ1) is 4.01. The highest BCUT2D eigenvalue weighted by atomic mass is 16.9. The first-order valence-corrected chi connectivity index (χ1v) is 1.75. The molecule has 36 valence electrons. The van der Waals surface area contributed by atoms with Crippen LogP contribution in [-0.2, 0) is 4.84 Å². The lowest BCUT2D eigenvalue weighted by atomic mass is 10.8. The molecule has 1 saturated heterocycles. The van der Waals surface area contributed by atoms with E-state index in [-0.39, 0.29) is 0 Å². The van der Waals surface area contributed by atoms with Gasteiger partial charge in [0.25, 0.3) is 0 Å². The average molecular weight is 90.1 g/mol. The van der Waals surface area contributed by atoms with Gasteiger partial charge in [-0.1, -0.05) is 0 Å². The second-order valence-corrected chi connectivity index (χ2v) is 1.01. The van der Waals surface area contributed by atoms with Gasteiger partial charge in [0, 0.05) is 11.9 Å². The van der Waals surface area contributed by atoms with Crippen LogP contribution in [0.1, 0.15) is 0 Å². The van der Waals surface area contributed by atoms with Crippen LogP contribution in [-0.4, -0.2) is 23.7 Å². The van der Waals surface area contributed by atoms with Gasteiger partial charge in [-0.05, 0) is 0 Å². The van der Waals surface area contributed by atoms with E-state index in [0.717, 1.165) is 0 Å². The molecule has 1 aliphatic heterocycles. The number of hydrogen-bond acceptors (Lipinski definition) is 4. The lowest BCUT2D eigenvalue weighted by molar-refractivity contribution is -0.336. The van der Waals surface area contributed by atoms with E-state index in [4.69, 9.17) is 5.21 Å². The van der Waals surface area contributed by atoms with Gasteiger partial charge in [-0.3, -0.25) is 10.0 Å². The van der Waals surface area contributed by atoms with Crippen LogP contribution in [0.25, 0.3) is 0 Å². The molecule has 4 nitrogen and oxygen atoms in total. The van der Waals surface area contributed by atoms with E-state index in [9.17, 15) is 0 Å². The van der Waals surface area contributed by atoms with E-state index in [1.54, 1.807) is 0 Å². The second-order valence-electron chi connectivity index (χ2n) is 1.01. The number of nitrogens with one attached hydrogen (secondary N) is 1. The molecule has 0 amide bonds. The summed E-state index contributed by atoms with van der Waals surface area (Å²) in [7, 11) is 0. The molecule has 0 aromatic carbocycles. The molecule has 1 fully saturated rings. The van der Waals surface area contributed by atoms with E-state index < -0.39 is 0 Å². The third kappa shape index (κ3) is 0.662. The number of rotatable bonds is 0. The quantitative estimate of drug-likeness (QED) is 0.405. The fraction of sp³-hybridized carbons (Fsp3) is 1.00. The highest BCUT2D eigenvalue weighted by Gasteiger charge is 2.04. The maximum atomic E-state index is 8.23. The van der Waals surface area contributed by atoms with Gasteiger partial charge in [0.2, 0.25) is 0 Å². The molecular weight excluding hydrogens is 84.0 g/mol. The summed E-state index contributed by atoms with van der Waals surface area (Å²) in [5.74, 6) is 0. The Morgan fingerprint density at radius 3 is 2.83 bits per heavy atom. The van der Waals surface area contributed by atoms with Crippen LogP contribution in [0, 0.1) is 0 Å². The van der Waals surface area contributed by atoms with Crippen LogP contribution in [0.2, 0.25) is 0 Å². The van der Waals surface area contributed by atoms with Gasteiger partial charge in [-0.25, -0.2) is 5.43 Å². The van der Waals surface area contributed by atoms with Crippen LogP contribution in [0.4, 0.5) is 0 Å². The predicted octanol–water partition coefficient (Wildman–Crippen LogP) is -0.873. The topological polar surface area (TPSA) is 44.7 Å². The molecule has 0 radical (unpaired) electrons. The summed E-state index contributed by atoms with van der Waals surface area (Å²) < 4.78 is 0. The molecule has 4 heteroatoms. The molecule has 0 aliphatic carbocycles. The second kappa shape index (κ2) is 1.53. The van der Waals surface area contributed by atoms with Crippen molar-refractivity contribution in [3.8, 4) is 0 Å². The van der Waals surface area contributed by atoms with E-state index in [2.05, 4.69) is 10.3 Å². The third-order valence-electron chi connectivity index (χ3n) is 0.563. The number of nitrogens with zero attached hydrogens (tertiary/aromatic N) is 1. The molecule has 0 aromatic rings. The molecule has 1 aliphatic rings. The Balaban J connectivity index is 2.18. The Labute approximate surface area is 35.2 Å². The van der Waals surface area contributed by atoms with Gasteiger partial charge in [0.15, 0.2) is 0 Å². The van der Waals surface area contributed by atoms with Crippen LogP contribution in [0.15, 0.2) is 0 Å². The van der Waals surface area contributed by atoms with Crippen LogP contribution in [0.5, 0.6) is 0 Å². The molecular formula is C2H6N2O2. The van der Waals surface area contributed by atoms with Crippen molar-refractivity contribution in [2.45, 2.75) is 0 Å². The maximum Gasteiger partial charge on any atom is 0.0866 e. The lowest BCUT2D eigenvalue weighted by Gasteiger charge is -1.98. The largest absolute Gasteiger partial charge is 0.276 e. The van der Waals surface area contributed by atoms with Crippen molar-refractivity contribution in [2.24, 2.45) is 0 Å². The standard InChI is InChI=1S/C2H6N2O2/c5-4-3-1-2-6-4/h3,5H,1-2H2. The summed E-state index contributed by atoms with van der Waals surface area (Å²) in [6.07, 6.45) is 0. The zero-order chi connectivity index (χ0) is 4.41. The summed E-state index contributed by atoms with van der Waals surface area (Å²) in [5, 5.41) is 8.84. The molecule has 0 spiro atoms. The first-order valence-electron chi connectivity index (χ1n) is 1.75. The first-order chi connectivity index (χ1) is 2.89. The minimum Gasteiger partial charge on any atom is -0.276 e. The van der Waals surface area contributed by atoms with Crippen molar-refractivity contribution >= 4 is 0 Å². The highest BCUT2D eigenvalue weighted by molar-refractivity contribution is 4.35. The summed E-state index contributed by atoms with van der Waals surface area (Å²) in [6.45, 7) is 1.24. The minimum absolute atomic E-state index is 0.552. The summed E-state index contributed by atoms with van der Waals surface area (Å²) in [4.78, 5) is 4.43. The van der Waals surface area contributed by atoms with Crippen molar-refractivity contribution in [2.75, 3.05) is 13.2 Å². The Morgan fingerprint density at radius 2 is 2.67 bits per heavy atom. The normalized spacial score (nSPS) is 25.5. The summed E-state index contributed by atoms with van der Waals surface area (Å²) in [5.41, 5.74) is 2.49. The van der Waals surface area contributed by atoms with Crippen molar-refractivity contribution in [1.82, 2.24) is 10.8 Å². The summed E-state index contributed by atoms with van der Waals surface area (Å²) in [6, 6.07) is 0. The molecule has 1 heterocycles. The molecule has 0 aromatic heterocycles. The Kier molecular flexibility index (Phi) is 1.02. The lowest BCUT2D eigenvalue weighted by Crippen LogP contribution is -2.24. The molecule has 0 unspecified atom stereocenters. The van der Waals surface area contributed by atoms with Crippen molar-refractivity contribution in [3.63, 3.8) is 0 Å². The Hall–Kier alpha value is -0.160. The number of hydrogen-bond donors (Lipinski definition) is 2. The van der Waals surface area contributed by atoms with Gasteiger partial charge in [-0.15, -0.1) is 0 Å². The molecule has 2 N–H and O–H groups in total. The van der Waals surface area contributed by atoms with Crippen molar-refractivity contribution < 1.29 is 10.0 Å². The highest BCUT2D eigenvalue weighted by Crippen LogP contribution is 1.83. The van der Waals surface area contributed by atoms with E-state index in [0.29, 0.717) is 18.5 Å². The van der Waals surface area contributed by atoms with E-state index in [1.807, 2.05) is 0 Å². The minimum atomic E-state index is 0.552. The van der Waals surface area contributed by atoms with Crippen LogP contribution in [0.3, 0.4) is 0 Å².